The molecule has 0 radical (unpaired) electrons. The van der Waals surface area contributed by atoms with Crippen LogP contribution in [0.4, 0.5) is 5.95 Å². The van der Waals surface area contributed by atoms with Gasteiger partial charge in [-0.3, -0.25) is 19.5 Å². The molecule has 1 saturated heterocycles. The topological polar surface area (TPSA) is 117 Å². The fourth-order valence-corrected chi connectivity index (χ4v) is 3.52. The quantitative estimate of drug-likeness (QED) is 0.502. The van der Waals surface area contributed by atoms with Gasteiger partial charge < -0.3 is 14.2 Å². The molecule has 11 heteroatoms. The van der Waals surface area contributed by atoms with Crippen molar-refractivity contribution in [3.63, 3.8) is 0 Å². The molecule has 0 aromatic carbocycles. The van der Waals surface area contributed by atoms with Crippen LogP contribution < -0.4 is 5.32 Å². The fourth-order valence-electron chi connectivity index (χ4n) is 3.31. The summed E-state index contributed by atoms with van der Waals surface area (Å²) in [5, 5.41) is 2.77. The molecule has 0 bridgehead atoms. The maximum atomic E-state index is 12.1. The second-order valence-electron chi connectivity index (χ2n) is 8.22. The maximum absolute atomic E-state index is 12.1. The summed E-state index contributed by atoms with van der Waals surface area (Å²) in [6.07, 6.45) is 0.257. The molecule has 170 valence electrons. The lowest BCUT2D eigenvalue weighted by atomic mass is 10.0. The van der Waals surface area contributed by atoms with Gasteiger partial charge in [0, 0.05) is 18.9 Å². The van der Waals surface area contributed by atoms with E-state index in [2.05, 4.69) is 20.3 Å². The van der Waals surface area contributed by atoms with Crippen LogP contribution in [0.2, 0.25) is 5.15 Å². The molecule has 1 N–H and O–H groups in total. The Hall–Kier alpha value is -2.30. The van der Waals surface area contributed by atoms with Gasteiger partial charge in [0.25, 0.3) is 0 Å². The first-order valence-corrected chi connectivity index (χ1v) is 10.6. The minimum absolute atomic E-state index is 0.0650. The molecule has 2 aromatic rings. The number of aromatic nitrogens is 4. The number of anilines is 1. The highest BCUT2D eigenvalue weighted by Crippen LogP contribution is 2.38. The molecule has 31 heavy (non-hydrogen) atoms. The van der Waals surface area contributed by atoms with Crippen molar-refractivity contribution in [2.75, 3.05) is 19.0 Å². The van der Waals surface area contributed by atoms with Gasteiger partial charge in [-0.05, 0) is 0 Å². The van der Waals surface area contributed by atoms with Crippen LogP contribution in [0, 0.1) is 17.8 Å². The number of hydrogen-bond acceptors (Lipinski definition) is 8. The van der Waals surface area contributed by atoms with E-state index < -0.39 is 6.23 Å². The summed E-state index contributed by atoms with van der Waals surface area (Å²) in [5.41, 5.74) is 0.781. The summed E-state index contributed by atoms with van der Waals surface area (Å²) in [6.45, 7) is 9.17. The lowest BCUT2D eigenvalue weighted by Crippen LogP contribution is -2.29. The Kier molecular flexibility index (Phi) is 7.13. The predicted molar refractivity (Wildman–Crippen MR) is 113 cm³/mol. The monoisotopic (exact) mass is 453 g/mol. The highest BCUT2D eigenvalue weighted by molar-refractivity contribution is 6.33. The third kappa shape index (κ3) is 4.81. The normalized spacial score (nSPS) is 23.6. The minimum Gasteiger partial charge on any atom is -0.463 e. The second kappa shape index (κ2) is 9.46. The molecule has 1 fully saturated rings. The SMILES string of the molecule is CO[C@@H]1[C@H](C)[C@@H](COC(=O)C(C)C)O[C@H]1n1cnc2c(Cl)nc(NC(=O)C(C)C)nc21. The van der Waals surface area contributed by atoms with Gasteiger partial charge in [0.2, 0.25) is 11.9 Å². The van der Waals surface area contributed by atoms with E-state index in [-0.39, 0.29) is 59.5 Å². The Morgan fingerprint density at radius 1 is 1.26 bits per heavy atom. The number of rotatable bonds is 7. The molecule has 0 saturated carbocycles. The molecule has 0 spiro atoms. The van der Waals surface area contributed by atoms with Crippen LogP contribution in [-0.2, 0) is 23.8 Å². The summed E-state index contributed by atoms with van der Waals surface area (Å²) in [7, 11) is 1.59. The minimum atomic E-state index is -0.577. The summed E-state index contributed by atoms with van der Waals surface area (Å²) in [6, 6.07) is 0. The number of carbonyl (C=O) groups is 2. The molecule has 0 aliphatic carbocycles. The number of hydrogen-bond donors (Lipinski definition) is 1. The van der Waals surface area contributed by atoms with Crippen molar-refractivity contribution in [1.82, 2.24) is 19.5 Å². The largest absolute Gasteiger partial charge is 0.463 e. The van der Waals surface area contributed by atoms with Gasteiger partial charge in [0.05, 0.1) is 18.3 Å². The fraction of sp³-hybridized carbons (Fsp3) is 0.650. The van der Waals surface area contributed by atoms with Gasteiger partial charge in [-0.2, -0.15) is 9.97 Å². The van der Waals surface area contributed by atoms with Crippen molar-refractivity contribution in [3.05, 3.63) is 11.5 Å². The Bertz CT molecular complexity index is 963. The smallest absolute Gasteiger partial charge is 0.308 e. The van der Waals surface area contributed by atoms with Crippen LogP contribution in [0.1, 0.15) is 40.8 Å². The van der Waals surface area contributed by atoms with Crippen LogP contribution in [0.15, 0.2) is 6.33 Å². The number of esters is 1. The molecular formula is C20H28ClN5O5. The van der Waals surface area contributed by atoms with Crippen LogP contribution in [-0.4, -0.2) is 57.3 Å². The Labute approximate surface area is 185 Å². The van der Waals surface area contributed by atoms with Gasteiger partial charge in [0.1, 0.15) is 18.2 Å². The molecule has 3 heterocycles. The van der Waals surface area contributed by atoms with E-state index in [9.17, 15) is 9.59 Å². The number of ether oxygens (including phenoxy) is 3. The van der Waals surface area contributed by atoms with E-state index in [1.165, 1.54) is 0 Å². The highest BCUT2D eigenvalue weighted by atomic mass is 35.5. The molecule has 0 unspecified atom stereocenters. The number of amides is 1. The van der Waals surface area contributed by atoms with Gasteiger partial charge >= 0.3 is 5.97 Å². The lowest BCUT2D eigenvalue weighted by molar-refractivity contribution is -0.152. The van der Waals surface area contributed by atoms with Crippen molar-refractivity contribution in [2.45, 2.75) is 53.1 Å². The number of nitrogens with one attached hydrogen (secondary N) is 1. The van der Waals surface area contributed by atoms with Crippen molar-refractivity contribution in [3.8, 4) is 0 Å². The first-order valence-electron chi connectivity index (χ1n) is 10.2. The van der Waals surface area contributed by atoms with Gasteiger partial charge in [-0.15, -0.1) is 0 Å². The number of nitrogens with zero attached hydrogens (tertiary/aromatic N) is 4. The third-order valence-corrected chi connectivity index (χ3v) is 5.51. The Morgan fingerprint density at radius 2 is 1.97 bits per heavy atom. The zero-order chi connectivity index (χ0) is 22.9. The number of fused-ring (bicyclic) bond motifs is 1. The average Bonchev–Trinajstić information content (AvgIpc) is 3.26. The molecule has 1 aliphatic rings. The summed E-state index contributed by atoms with van der Waals surface area (Å²) in [5.74, 6) is -0.957. The van der Waals surface area contributed by atoms with Crippen LogP contribution >= 0.6 is 11.6 Å². The first kappa shape index (κ1) is 23.4. The molecule has 10 nitrogen and oxygen atoms in total. The zero-order valence-electron chi connectivity index (χ0n) is 18.5. The molecule has 3 rings (SSSR count). The number of imidazole rings is 1. The van der Waals surface area contributed by atoms with Gasteiger partial charge in [-0.25, -0.2) is 4.98 Å². The number of carbonyl (C=O) groups excluding carboxylic acids is 2. The second-order valence-corrected chi connectivity index (χ2v) is 8.57. The van der Waals surface area contributed by atoms with Crippen LogP contribution in [0.3, 0.4) is 0 Å². The summed E-state index contributed by atoms with van der Waals surface area (Å²) >= 11 is 6.28. The zero-order valence-corrected chi connectivity index (χ0v) is 19.2. The van der Waals surface area contributed by atoms with Crippen molar-refractivity contribution < 1.29 is 23.8 Å². The summed E-state index contributed by atoms with van der Waals surface area (Å²) < 4.78 is 18.9. The van der Waals surface area contributed by atoms with E-state index in [0.717, 1.165) is 0 Å². The Morgan fingerprint density at radius 3 is 2.58 bits per heavy atom. The van der Waals surface area contributed by atoms with Crippen molar-refractivity contribution in [2.24, 2.45) is 17.8 Å². The van der Waals surface area contributed by atoms with Gasteiger partial charge in [0.15, 0.2) is 17.0 Å². The highest BCUT2D eigenvalue weighted by Gasteiger charge is 2.44. The number of halogens is 1. The summed E-state index contributed by atoms with van der Waals surface area (Å²) in [4.78, 5) is 36.8. The molecule has 1 aliphatic heterocycles. The van der Waals surface area contributed by atoms with E-state index in [1.807, 2.05) is 6.92 Å². The maximum Gasteiger partial charge on any atom is 0.308 e. The van der Waals surface area contributed by atoms with E-state index in [0.29, 0.717) is 11.2 Å². The molecule has 2 aromatic heterocycles. The molecular weight excluding hydrogens is 426 g/mol. The Balaban J connectivity index is 1.89. The first-order chi connectivity index (χ1) is 14.6. The van der Waals surface area contributed by atoms with Crippen LogP contribution in [0.25, 0.3) is 11.2 Å². The van der Waals surface area contributed by atoms with Crippen molar-refractivity contribution >= 4 is 40.6 Å². The van der Waals surface area contributed by atoms with Crippen molar-refractivity contribution in [1.29, 1.82) is 0 Å². The molecule has 1 amide bonds. The number of methoxy groups -OCH3 is 1. The third-order valence-electron chi connectivity index (χ3n) is 5.25. The standard InChI is InChI=1S/C20H28ClN5O5/c1-9(2)17(27)25-20-23-15(21)13-16(24-20)26(8-22-13)18-14(29-6)11(5)12(31-18)7-30-19(28)10(3)4/h8-12,14,18H,7H2,1-6H3,(H,23,24,25,27)/t11-,12-,14-,18-/m1/s1. The lowest BCUT2D eigenvalue weighted by Gasteiger charge is -2.20. The average molecular weight is 454 g/mol. The predicted octanol–water partition coefficient (Wildman–Crippen LogP) is 2.82. The van der Waals surface area contributed by atoms with E-state index in [4.69, 9.17) is 25.8 Å². The molecule has 4 atom stereocenters. The van der Waals surface area contributed by atoms with Crippen LogP contribution in [0.5, 0.6) is 0 Å². The van der Waals surface area contributed by atoms with Gasteiger partial charge in [-0.1, -0.05) is 46.2 Å². The van der Waals surface area contributed by atoms with E-state index in [1.54, 1.807) is 45.7 Å². The van der Waals surface area contributed by atoms with E-state index >= 15 is 0 Å².